The molecule has 0 aliphatic heterocycles. The third-order valence-electron chi connectivity index (χ3n) is 3.61. The molecule has 0 bridgehead atoms. The molecule has 0 radical (unpaired) electrons. The maximum Gasteiger partial charge on any atom is 0.137 e. The van der Waals surface area contributed by atoms with Crippen LogP contribution in [0.5, 0.6) is 0 Å². The summed E-state index contributed by atoms with van der Waals surface area (Å²) in [6.45, 7) is 1.06. The summed E-state index contributed by atoms with van der Waals surface area (Å²) in [5, 5.41) is 4.42. The van der Waals surface area contributed by atoms with Gasteiger partial charge in [0.15, 0.2) is 0 Å². The molecule has 0 N–H and O–H groups in total. The Morgan fingerprint density at radius 2 is 2.18 bits per heavy atom. The lowest BCUT2D eigenvalue weighted by Gasteiger charge is -2.21. The van der Waals surface area contributed by atoms with E-state index in [9.17, 15) is 0 Å². The highest BCUT2D eigenvalue weighted by Gasteiger charge is 2.14. The van der Waals surface area contributed by atoms with Gasteiger partial charge in [-0.3, -0.25) is 4.68 Å². The first-order valence-electron chi connectivity index (χ1n) is 6.48. The lowest BCUT2D eigenvalue weighted by Crippen LogP contribution is -2.14. The van der Waals surface area contributed by atoms with Gasteiger partial charge in [0.2, 0.25) is 0 Å². The zero-order valence-corrected chi connectivity index (χ0v) is 10.0. The van der Waals surface area contributed by atoms with Crippen molar-refractivity contribution in [3.8, 4) is 11.3 Å². The van der Waals surface area contributed by atoms with Crippen molar-refractivity contribution in [2.75, 3.05) is 0 Å². The Balaban J connectivity index is 1.68. The molecule has 17 heavy (non-hydrogen) atoms. The van der Waals surface area contributed by atoms with Crippen LogP contribution in [0.3, 0.4) is 0 Å². The summed E-state index contributed by atoms with van der Waals surface area (Å²) in [7, 11) is 0. The summed E-state index contributed by atoms with van der Waals surface area (Å²) in [6, 6.07) is 3.88. The van der Waals surface area contributed by atoms with E-state index >= 15 is 0 Å². The molecule has 0 spiro atoms. The Labute approximate surface area is 101 Å². The van der Waals surface area contributed by atoms with Gasteiger partial charge in [-0.2, -0.15) is 5.10 Å². The monoisotopic (exact) mass is 230 g/mol. The predicted molar refractivity (Wildman–Crippen MR) is 66.5 cm³/mol. The van der Waals surface area contributed by atoms with E-state index in [1.807, 2.05) is 18.3 Å². The second-order valence-electron chi connectivity index (χ2n) is 4.93. The minimum absolute atomic E-state index is 0.813. The lowest BCUT2D eigenvalue weighted by atomic mass is 9.89. The van der Waals surface area contributed by atoms with Crippen molar-refractivity contribution >= 4 is 0 Å². The Kier molecular flexibility index (Phi) is 2.99. The summed E-state index contributed by atoms with van der Waals surface area (Å²) in [5.74, 6) is 1.72. The van der Waals surface area contributed by atoms with Crippen LogP contribution in [-0.2, 0) is 6.54 Å². The smallest absolute Gasteiger partial charge is 0.137 e. The fraction of sp³-hybridized carbons (Fsp3) is 0.500. The molecule has 0 aromatic carbocycles. The molecule has 3 heteroatoms. The van der Waals surface area contributed by atoms with Gasteiger partial charge in [0.25, 0.3) is 0 Å². The SMILES string of the molecule is c1coc(-c2cnn(CC3CCCCC3)c2)c1. The normalized spacial score (nSPS) is 17.4. The summed E-state index contributed by atoms with van der Waals surface area (Å²) >= 11 is 0. The molecule has 3 nitrogen and oxygen atoms in total. The topological polar surface area (TPSA) is 31.0 Å². The lowest BCUT2D eigenvalue weighted by molar-refractivity contribution is 0.308. The summed E-state index contributed by atoms with van der Waals surface area (Å²) in [4.78, 5) is 0. The Bertz CT molecular complexity index is 452. The second kappa shape index (κ2) is 4.78. The molecule has 1 fully saturated rings. The minimum Gasteiger partial charge on any atom is -0.464 e. The predicted octanol–water partition coefficient (Wildman–Crippen LogP) is 3.72. The van der Waals surface area contributed by atoms with Crippen molar-refractivity contribution in [2.45, 2.75) is 38.6 Å². The number of rotatable bonds is 3. The van der Waals surface area contributed by atoms with Crippen LogP contribution in [-0.4, -0.2) is 9.78 Å². The molecule has 90 valence electrons. The van der Waals surface area contributed by atoms with Crippen molar-refractivity contribution in [1.29, 1.82) is 0 Å². The van der Waals surface area contributed by atoms with E-state index in [2.05, 4.69) is 16.0 Å². The van der Waals surface area contributed by atoms with Gasteiger partial charge in [0.05, 0.1) is 18.0 Å². The van der Waals surface area contributed by atoms with E-state index < -0.39 is 0 Å². The highest BCUT2D eigenvalue weighted by Crippen LogP contribution is 2.25. The molecule has 2 aromatic rings. The number of hydrogen-bond donors (Lipinski definition) is 0. The van der Waals surface area contributed by atoms with Crippen LogP contribution in [0.1, 0.15) is 32.1 Å². The van der Waals surface area contributed by atoms with E-state index in [1.54, 1.807) is 6.26 Å². The second-order valence-corrected chi connectivity index (χ2v) is 4.93. The van der Waals surface area contributed by atoms with Crippen LogP contribution in [0.25, 0.3) is 11.3 Å². The van der Waals surface area contributed by atoms with Gasteiger partial charge in [-0.1, -0.05) is 19.3 Å². The zero-order valence-electron chi connectivity index (χ0n) is 10.0. The first-order valence-corrected chi connectivity index (χ1v) is 6.48. The molecular formula is C14H18N2O. The van der Waals surface area contributed by atoms with Crippen LogP contribution in [0, 0.1) is 5.92 Å². The average molecular weight is 230 g/mol. The maximum atomic E-state index is 5.37. The molecule has 3 rings (SSSR count). The van der Waals surface area contributed by atoms with Gasteiger partial charge in [-0.15, -0.1) is 0 Å². The molecule has 0 atom stereocenters. The fourth-order valence-electron chi connectivity index (χ4n) is 2.67. The van der Waals surface area contributed by atoms with Gasteiger partial charge in [0.1, 0.15) is 5.76 Å². The standard InChI is InChI=1S/C14H18N2O/c1-2-5-12(6-3-1)10-16-11-13(9-15-16)14-7-4-8-17-14/h4,7-9,11-12H,1-3,5-6,10H2. The van der Waals surface area contributed by atoms with Crippen LogP contribution >= 0.6 is 0 Å². The summed E-state index contributed by atoms with van der Waals surface area (Å²) in [5.41, 5.74) is 1.07. The van der Waals surface area contributed by atoms with Gasteiger partial charge in [0, 0.05) is 12.7 Å². The maximum absolute atomic E-state index is 5.37. The van der Waals surface area contributed by atoms with Gasteiger partial charge >= 0.3 is 0 Å². The Morgan fingerprint density at radius 1 is 1.29 bits per heavy atom. The van der Waals surface area contributed by atoms with Crippen molar-refractivity contribution in [1.82, 2.24) is 9.78 Å². The highest BCUT2D eigenvalue weighted by atomic mass is 16.3. The number of furan rings is 1. The van der Waals surface area contributed by atoms with E-state index in [0.29, 0.717) is 0 Å². The number of nitrogens with zero attached hydrogens (tertiary/aromatic N) is 2. The third-order valence-corrected chi connectivity index (χ3v) is 3.61. The molecule has 1 saturated carbocycles. The largest absolute Gasteiger partial charge is 0.464 e. The van der Waals surface area contributed by atoms with Crippen LogP contribution in [0.2, 0.25) is 0 Å². The molecule has 0 amide bonds. The van der Waals surface area contributed by atoms with Crippen LogP contribution in [0.4, 0.5) is 0 Å². The molecule has 1 aliphatic carbocycles. The van der Waals surface area contributed by atoms with E-state index in [-0.39, 0.29) is 0 Å². The van der Waals surface area contributed by atoms with Gasteiger partial charge in [-0.25, -0.2) is 0 Å². The molecule has 2 aromatic heterocycles. The van der Waals surface area contributed by atoms with Gasteiger partial charge in [-0.05, 0) is 30.9 Å². The summed E-state index contributed by atoms with van der Waals surface area (Å²) in [6.07, 6.45) is 12.6. The fourth-order valence-corrected chi connectivity index (χ4v) is 2.67. The number of hydrogen-bond acceptors (Lipinski definition) is 2. The quantitative estimate of drug-likeness (QED) is 0.804. The van der Waals surface area contributed by atoms with E-state index in [0.717, 1.165) is 23.8 Å². The summed E-state index contributed by atoms with van der Waals surface area (Å²) < 4.78 is 7.43. The Morgan fingerprint density at radius 3 is 2.94 bits per heavy atom. The first kappa shape index (κ1) is 10.6. The average Bonchev–Trinajstić information content (AvgIpc) is 3.00. The van der Waals surface area contributed by atoms with E-state index in [1.165, 1.54) is 32.1 Å². The van der Waals surface area contributed by atoms with Crippen molar-refractivity contribution in [3.63, 3.8) is 0 Å². The Hall–Kier alpha value is -1.51. The van der Waals surface area contributed by atoms with Crippen molar-refractivity contribution in [3.05, 3.63) is 30.8 Å². The van der Waals surface area contributed by atoms with Crippen LogP contribution < -0.4 is 0 Å². The third kappa shape index (κ3) is 2.43. The van der Waals surface area contributed by atoms with E-state index in [4.69, 9.17) is 4.42 Å². The van der Waals surface area contributed by atoms with Crippen molar-refractivity contribution in [2.24, 2.45) is 5.92 Å². The molecule has 1 aliphatic rings. The molecular weight excluding hydrogens is 212 g/mol. The van der Waals surface area contributed by atoms with Gasteiger partial charge < -0.3 is 4.42 Å². The molecule has 2 heterocycles. The van der Waals surface area contributed by atoms with Crippen LogP contribution in [0.15, 0.2) is 35.2 Å². The minimum atomic E-state index is 0.813. The zero-order chi connectivity index (χ0) is 11.5. The molecule has 0 saturated heterocycles. The molecule has 0 unspecified atom stereocenters. The van der Waals surface area contributed by atoms with Crippen molar-refractivity contribution < 1.29 is 4.42 Å². The highest BCUT2D eigenvalue weighted by molar-refractivity contribution is 5.54. The first-order chi connectivity index (χ1) is 8.42. The number of aromatic nitrogens is 2.